The molecule has 0 bridgehead atoms. The second kappa shape index (κ2) is 4.56. The number of carboxylic acids is 1. The molecule has 2 fully saturated rings. The lowest BCUT2D eigenvalue weighted by Crippen LogP contribution is -2.44. The van der Waals surface area contributed by atoms with Crippen molar-refractivity contribution in [1.82, 2.24) is 4.90 Å². The Hall–Kier alpha value is -1.06. The molecule has 1 saturated carbocycles. The highest BCUT2D eigenvalue weighted by molar-refractivity contribution is 5.89. The van der Waals surface area contributed by atoms with Gasteiger partial charge in [0, 0.05) is 13.1 Å². The van der Waals surface area contributed by atoms with E-state index in [1.165, 1.54) is 0 Å². The average Bonchev–Trinajstić information content (AvgIpc) is 3.09. The summed E-state index contributed by atoms with van der Waals surface area (Å²) in [5.74, 6) is -0.796. The number of carbonyl (C=O) groups is 2. The highest BCUT2D eigenvalue weighted by Crippen LogP contribution is 2.43. The first-order valence-corrected chi connectivity index (χ1v) is 6.87. The number of aliphatic carboxylic acids is 1. The van der Waals surface area contributed by atoms with E-state index < -0.39 is 11.9 Å². The predicted octanol–water partition coefficient (Wildman–Crippen LogP) is 1.99. The largest absolute Gasteiger partial charge is 0.481 e. The summed E-state index contributed by atoms with van der Waals surface area (Å²) in [4.78, 5) is 24.8. The maximum Gasteiger partial charge on any atom is 0.307 e. The van der Waals surface area contributed by atoms with Gasteiger partial charge >= 0.3 is 5.97 Å². The lowest BCUT2D eigenvalue weighted by molar-refractivity contribution is -0.142. The maximum atomic E-state index is 12.1. The molecule has 1 aliphatic heterocycles. The zero-order chi connectivity index (χ0) is 13.5. The predicted molar refractivity (Wildman–Crippen MR) is 68.0 cm³/mol. The van der Waals surface area contributed by atoms with Crippen molar-refractivity contribution in [3.05, 3.63) is 0 Å². The Morgan fingerprint density at radius 1 is 1.22 bits per heavy atom. The summed E-state index contributed by atoms with van der Waals surface area (Å²) in [6.45, 7) is 8.33. The van der Waals surface area contributed by atoms with Crippen molar-refractivity contribution in [3.63, 3.8) is 0 Å². The minimum atomic E-state index is -0.822. The molecule has 0 aromatic heterocycles. The number of carbonyl (C=O) groups excluding carboxylic acids is 1. The number of carboxylic acid groups (broad SMARTS) is 1. The van der Waals surface area contributed by atoms with Crippen LogP contribution in [0, 0.1) is 23.2 Å². The van der Waals surface area contributed by atoms with Gasteiger partial charge in [-0.15, -0.1) is 0 Å². The molecule has 18 heavy (non-hydrogen) atoms. The minimum Gasteiger partial charge on any atom is -0.481 e. The van der Waals surface area contributed by atoms with Crippen molar-refractivity contribution < 1.29 is 14.7 Å². The number of piperidine rings is 1. The highest BCUT2D eigenvalue weighted by Gasteiger charge is 2.50. The molecule has 0 radical (unpaired) electrons. The molecule has 1 saturated heterocycles. The van der Waals surface area contributed by atoms with Gasteiger partial charge in [-0.05, 0) is 30.6 Å². The monoisotopic (exact) mass is 253 g/mol. The third-order valence-corrected chi connectivity index (χ3v) is 5.04. The van der Waals surface area contributed by atoms with Crippen molar-refractivity contribution in [2.45, 2.75) is 40.0 Å². The SMILES string of the molecule is CC(C)C1(C)CCN(C(=O)C2CC2C(=O)O)CC1. The van der Waals surface area contributed by atoms with Gasteiger partial charge in [0.15, 0.2) is 0 Å². The Kier molecular flexibility index (Phi) is 3.39. The molecule has 4 nitrogen and oxygen atoms in total. The molecule has 1 heterocycles. The van der Waals surface area contributed by atoms with Crippen molar-refractivity contribution in [1.29, 1.82) is 0 Å². The Morgan fingerprint density at radius 3 is 2.17 bits per heavy atom. The first-order chi connectivity index (χ1) is 8.35. The van der Waals surface area contributed by atoms with E-state index in [9.17, 15) is 9.59 Å². The van der Waals surface area contributed by atoms with Crippen molar-refractivity contribution >= 4 is 11.9 Å². The van der Waals surface area contributed by atoms with Gasteiger partial charge in [-0.1, -0.05) is 20.8 Å². The summed E-state index contributed by atoms with van der Waals surface area (Å²) in [6.07, 6.45) is 2.59. The molecule has 1 aliphatic carbocycles. The number of likely N-dealkylation sites (tertiary alicyclic amines) is 1. The van der Waals surface area contributed by atoms with Gasteiger partial charge in [0.2, 0.25) is 5.91 Å². The topological polar surface area (TPSA) is 57.6 Å². The van der Waals surface area contributed by atoms with Gasteiger partial charge in [0.05, 0.1) is 11.8 Å². The fourth-order valence-electron chi connectivity index (χ4n) is 2.79. The number of rotatable bonds is 3. The van der Waals surface area contributed by atoms with Gasteiger partial charge in [-0.2, -0.15) is 0 Å². The van der Waals surface area contributed by atoms with Crippen LogP contribution in [0.5, 0.6) is 0 Å². The van der Waals surface area contributed by atoms with Gasteiger partial charge in [0.25, 0.3) is 0 Å². The Labute approximate surface area is 108 Å². The third kappa shape index (κ3) is 2.38. The number of nitrogens with zero attached hydrogens (tertiary/aromatic N) is 1. The van der Waals surface area contributed by atoms with E-state index in [0.29, 0.717) is 17.8 Å². The molecule has 2 rings (SSSR count). The Morgan fingerprint density at radius 2 is 1.78 bits per heavy atom. The zero-order valence-corrected chi connectivity index (χ0v) is 11.5. The van der Waals surface area contributed by atoms with Crippen LogP contribution in [0.1, 0.15) is 40.0 Å². The molecule has 0 aromatic carbocycles. The summed E-state index contributed by atoms with van der Waals surface area (Å²) in [7, 11) is 0. The fraction of sp³-hybridized carbons (Fsp3) is 0.857. The van der Waals surface area contributed by atoms with Crippen LogP contribution in [0.25, 0.3) is 0 Å². The zero-order valence-electron chi connectivity index (χ0n) is 11.5. The second-order valence-electron chi connectivity index (χ2n) is 6.42. The number of hydrogen-bond acceptors (Lipinski definition) is 2. The molecule has 4 heteroatoms. The van der Waals surface area contributed by atoms with E-state index in [2.05, 4.69) is 20.8 Å². The van der Waals surface area contributed by atoms with Crippen LogP contribution in [-0.2, 0) is 9.59 Å². The average molecular weight is 253 g/mol. The summed E-state index contributed by atoms with van der Waals surface area (Å²) in [5.41, 5.74) is 0.326. The van der Waals surface area contributed by atoms with Crippen LogP contribution >= 0.6 is 0 Å². The molecule has 102 valence electrons. The van der Waals surface area contributed by atoms with E-state index in [1.807, 2.05) is 4.90 Å². The van der Waals surface area contributed by atoms with E-state index in [1.54, 1.807) is 0 Å². The van der Waals surface area contributed by atoms with Crippen LogP contribution in [0.3, 0.4) is 0 Å². The normalized spacial score (nSPS) is 30.3. The highest BCUT2D eigenvalue weighted by atomic mass is 16.4. The molecule has 2 aliphatic rings. The first-order valence-electron chi connectivity index (χ1n) is 6.87. The third-order valence-electron chi connectivity index (χ3n) is 5.04. The molecular weight excluding hydrogens is 230 g/mol. The standard InChI is InChI=1S/C14H23NO3/c1-9(2)14(3)4-6-15(7-5-14)12(16)10-8-11(10)13(17)18/h9-11H,4-8H2,1-3H3,(H,17,18). The van der Waals surface area contributed by atoms with Gasteiger partial charge in [0.1, 0.15) is 0 Å². The van der Waals surface area contributed by atoms with Crippen molar-refractivity contribution in [2.24, 2.45) is 23.2 Å². The molecule has 1 N–H and O–H groups in total. The summed E-state index contributed by atoms with van der Waals surface area (Å²) in [6, 6.07) is 0. The summed E-state index contributed by atoms with van der Waals surface area (Å²) in [5, 5.41) is 8.86. The van der Waals surface area contributed by atoms with Crippen molar-refractivity contribution in [3.8, 4) is 0 Å². The van der Waals surface area contributed by atoms with E-state index >= 15 is 0 Å². The Bertz CT molecular complexity index is 356. The smallest absolute Gasteiger partial charge is 0.307 e. The minimum absolute atomic E-state index is 0.0632. The molecule has 1 amide bonds. The van der Waals surface area contributed by atoms with Gasteiger partial charge < -0.3 is 10.0 Å². The van der Waals surface area contributed by atoms with Gasteiger partial charge in [-0.25, -0.2) is 0 Å². The molecule has 2 unspecified atom stereocenters. The fourth-order valence-corrected chi connectivity index (χ4v) is 2.79. The lowest BCUT2D eigenvalue weighted by Gasteiger charge is -2.42. The van der Waals surface area contributed by atoms with Crippen LogP contribution in [0.2, 0.25) is 0 Å². The van der Waals surface area contributed by atoms with Crippen LogP contribution < -0.4 is 0 Å². The van der Waals surface area contributed by atoms with Crippen molar-refractivity contribution in [2.75, 3.05) is 13.1 Å². The molecule has 0 spiro atoms. The van der Waals surface area contributed by atoms with Crippen LogP contribution in [0.15, 0.2) is 0 Å². The summed E-state index contributed by atoms with van der Waals surface area (Å²) >= 11 is 0. The second-order valence-corrected chi connectivity index (χ2v) is 6.42. The first kappa shape index (κ1) is 13.4. The maximum absolute atomic E-state index is 12.1. The molecule has 2 atom stereocenters. The van der Waals surface area contributed by atoms with Crippen LogP contribution in [0.4, 0.5) is 0 Å². The molecular formula is C14H23NO3. The van der Waals surface area contributed by atoms with E-state index in [4.69, 9.17) is 5.11 Å². The molecule has 0 aromatic rings. The van der Waals surface area contributed by atoms with E-state index in [-0.39, 0.29) is 11.8 Å². The summed E-state index contributed by atoms with van der Waals surface area (Å²) < 4.78 is 0. The number of hydrogen-bond donors (Lipinski definition) is 1. The number of amides is 1. The van der Waals surface area contributed by atoms with E-state index in [0.717, 1.165) is 25.9 Å². The Balaban J connectivity index is 1.87. The van der Waals surface area contributed by atoms with Gasteiger partial charge in [-0.3, -0.25) is 9.59 Å². The lowest BCUT2D eigenvalue weighted by atomic mass is 9.72. The van der Waals surface area contributed by atoms with Crippen LogP contribution in [-0.4, -0.2) is 35.0 Å². The quantitative estimate of drug-likeness (QED) is 0.837.